The number of pyridine rings is 1. The molecule has 0 aliphatic carbocycles. The molecule has 1 aliphatic rings. The highest BCUT2D eigenvalue weighted by Crippen LogP contribution is 2.37. The number of hydrogen-bond acceptors (Lipinski definition) is 7. The molecule has 1 fully saturated rings. The van der Waals surface area contributed by atoms with Crippen molar-refractivity contribution in [3.05, 3.63) is 41.4 Å². The highest BCUT2D eigenvalue weighted by molar-refractivity contribution is 5.98. The van der Waals surface area contributed by atoms with E-state index in [0.717, 1.165) is 6.07 Å². The molecule has 2 aromatic heterocycles. The van der Waals surface area contributed by atoms with Gasteiger partial charge < -0.3 is 25.1 Å². The Labute approximate surface area is 204 Å². The van der Waals surface area contributed by atoms with Crippen LogP contribution in [0.3, 0.4) is 0 Å². The van der Waals surface area contributed by atoms with Crippen LogP contribution in [-0.4, -0.2) is 52.9 Å². The molecule has 3 N–H and O–H groups in total. The number of oxazole rings is 1. The summed E-state index contributed by atoms with van der Waals surface area (Å²) in [5, 5.41) is 3.13. The van der Waals surface area contributed by atoms with Gasteiger partial charge in [-0.05, 0) is 31.2 Å². The fourth-order valence-electron chi connectivity index (χ4n) is 3.99. The second-order valence-electron chi connectivity index (χ2n) is 8.99. The van der Waals surface area contributed by atoms with E-state index in [-0.39, 0.29) is 46.5 Å². The summed E-state index contributed by atoms with van der Waals surface area (Å²) in [4.78, 5) is 34.8. The fraction of sp³-hybridized carbons (Fsp3) is 0.417. The van der Waals surface area contributed by atoms with E-state index in [2.05, 4.69) is 15.3 Å². The van der Waals surface area contributed by atoms with Gasteiger partial charge in [0.05, 0.1) is 19.2 Å². The molecule has 192 valence electrons. The van der Waals surface area contributed by atoms with Crippen LogP contribution in [0.1, 0.15) is 48.8 Å². The van der Waals surface area contributed by atoms with Crippen molar-refractivity contribution in [1.29, 1.82) is 0 Å². The first kappa shape index (κ1) is 25.4. The highest BCUT2D eigenvalue weighted by Gasteiger charge is 2.35. The predicted molar refractivity (Wildman–Crippen MR) is 124 cm³/mol. The van der Waals surface area contributed by atoms with Crippen molar-refractivity contribution in [1.82, 2.24) is 20.2 Å². The number of halogens is 3. The molecular weight excluding hydrogens is 479 g/mol. The van der Waals surface area contributed by atoms with E-state index < -0.39 is 23.8 Å². The molecule has 1 aromatic carbocycles. The first-order valence-electron chi connectivity index (χ1n) is 11.3. The quantitative estimate of drug-likeness (QED) is 0.525. The number of carbonyl (C=O) groups is 2. The van der Waals surface area contributed by atoms with Crippen LogP contribution in [0.4, 0.5) is 13.2 Å². The minimum absolute atomic E-state index is 0.00637. The van der Waals surface area contributed by atoms with Gasteiger partial charge in [0.15, 0.2) is 11.5 Å². The van der Waals surface area contributed by atoms with Crippen molar-refractivity contribution >= 4 is 22.7 Å². The molecule has 0 spiro atoms. The second-order valence-corrected chi connectivity index (χ2v) is 8.99. The van der Waals surface area contributed by atoms with Crippen LogP contribution >= 0.6 is 0 Å². The summed E-state index contributed by atoms with van der Waals surface area (Å²) in [6.07, 6.45) is -4.64. The lowest BCUT2D eigenvalue weighted by molar-refractivity contribution is -0.141. The fourth-order valence-corrected chi connectivity index (χ4v) is 3.99. The Morgan fingerprint density at radius 3 is 2.44 bits per heavy atom. The third-order valence-electron chi connectivity index (χ3n) is 5.87. The first-order valence-corrected chi connectivity index (χ1v) is 11.3. The molecule has 3 aromatic rings. The standard InChI is InChI=1S/C24H26F3N5O4/c1-11(2)23(34)32-9-13(10-32)29-21(33)19-20(12(3)28)36-22(31-19)15-5-7-16(35-4)18-14(15)6-8-17(30-18)24(25,26)27/h5-8,11-13H,9-10,28H2,1-4H3,(H,29,33)/t12-/m0/s1. The van der Waals surface area contributed by atoms with Gasteiger partial charge in [-0.1, -0.05) is 13.8 Å². The van der Waals surface area contributed by atoms with Gasteiger partial charge in [-0.25, -0.2) is 9.97 Å². The molecule has 3 heterocycles. The number of methoxy groups -OCH3 is 1. The van der Waals surface area contributed by atoms with Crippen LogP contribution in [0, 0.1) is 5.92 Å². The van der Waals surface area contributed by atoms with Crippen LogP contribution in [0.2, 0.25) is 0 Å². The molecule has 0 saturated carbocycles. The molecule has 0 radical (unpaired) electrons. The minimum atomic E-state index is -4.64. The van der Waals surface area contributed by atoms with E-state index in [0.29, 0.717) is 24.0 Å². The van der Waals surface area contributed by atoms with Gasteiger partial charge in [0, 0.05) is 30.0 Å². The van der Waals surface area contributed by atoms with E-state index in [4.69, 9.17) is 14.9 Å². The van der Waals surface area contributed by atoms with Gasteiger partial charge in [0.1, 0.15) is 17.0 Å². The maximum absolute atomic E-state index is 13.2. The van der Waals surface area contributed by atoms with Crippen molar-refractivity contribution in [3.8, 4) is 17.2 Å². The molecule has 2 amide bonds. The monoisotopic (exact) mass is 505 g/mol. The van der Waals surface area contributed by atoms with Crippen LogP contribution in [0.15, 0.2) is 28.7 Å². The number of carbonyl (C=O) groups excluding carboxylic acids is 2. The number of nitrogens with two attached hydrogens (primary N) is 1. The lowest BCUT2D eigenvalue weighted by Crippen LogP contribution is -2.61. The Kier molecular flexibility index (Phi) is 6.65. The summed E-state index contributed by atoms with van der Waals surface area (Å²) in [6.45, 7) is 6.01. The minimum Gasteiger partial charge on any atom is -0.494 e. The molecule has 4 rings (SSSR count). The summed E-state index contributed by atoms with van der Waals surface area (Å²) < 4.78 is 50.8. The Bertz CT molecular complexity index is 1310. The third-order valence-corrected chi connectivity index (χ3v) is 5.87. The van der Waals surface area contributed by atoms with E-state index in [1.807, 2.05) is 13.8 Å². The molecular formula is C24H26F3N5O4. The molecule has 0 unspecified atom stereocenters. The van der Waals surface area contributed by atoms with E-state index >= 15 is 0 Å². The molecule has 1 aliphatic heterocycles. The van der Waals surface area contributed by atoms with Gasteiger partial charge in [-0.2, -0.15) is 13.2 Å². The van der Waals surface area contributed by atoms with Crippen LogP contribution < -0.4 is 15.8 Å². The summed E-state index contributed by atoms with van der Waals surface area (Å²) >= 11 is 0. The van der Waals surface area contributed by atoms with E-state index in [1.54, 1.807) is 17.9 Å². The zero-order valence-corrected chi connectivity index (χ0v) is 20.1. The SMILES string of the molecule is COc1ccc(-c2nc(C(=O)NC3CN(C(=O)C(C)C)C3)c([C@H](C)N)o2)c2ccc(C(F)(F)F)nc12. The number of benzene rings is 1. The van der Waals surface area contributed by atoms with Crippen LogP contribution in [-0.2, 0) is 11.0 Å². The number of aromatic nitrogens is 2. The zero-order valence-electron chi connectivity index (χ0n) is 20.1. The maximum Gasteiger partial charge on any atom is 0.433 e. The number of nitrogens with zero attached hydrogens (tertiary/aromatic N) is 3. The number of alkyl halides is 3. The second kappa shape index (κ2) is 9.41. The third kappa shape index (κ3) is 4.72. The number of rotatable bonds is 6. The van der Waals surface area contributed by atoms with Gasteiger partial charge in [0.25, 0.3) is 5.91 Å². The lowest BCUT2D eigenvalue weighted by Gasteiger charge is -2.40. The van der Waals surface area contributed by atoms with Crippen molar-refractivity contribution in [2.75, 3.05) is 20.2 Å². The molecule has 0 bridgehead atoms. The highest BCUT2D eigenvalue weighted by atomic mass is 19.4. The van der Waals surface area contributed by atoms with Gasteiger partial charge >= 0.3 is 6.18 Å². The number of fused-ring (bicyclic) bond motifs is 1. The summed E-state index contributed by atoms with van der Waals surface area (Å²) in [7, 11) is 1.33. The normalized spacial score (nSPS) is 15.2. The Morgan fingerprint density at radius 2 is 1.86 bits per heavy atom. The lowest BCUT2D eigenvalue weighted by atomic mass is 10.0. The Morgan fingerprint density at radius 1 is 1.17 bits per heavy atom. The summed E-state index contributed by atoms with van der Waals surface area (Å²) in [5.41, 5.74) is 5.22. The molecule has 1 saturated heterocycles. The van der Waals surface area contributed by atoms with Crippen molar-refractivity contribution < 1.29 is 31.9 Å². The van der Waals surface area contributed by atoms with Gasteiger partial charge in [0.2, 0.25) is 11.8 Å². The predicted octanol–water partition coefficient (Wildman–Crippen LogP) is 3.53. The zero-order chi connectivity index (χ0) is 26.4. The average molecular weight is 505 g/mol. The Balaban J connectivity index is 1.67. The Hall–Kier alpha value is -3.67. The molecule has 12 heteroatoms. The smallest absolute Gasteiger partial charge is 0.433 e. The summed E-state index contributed by atoms with van der Waals surface area (Å²) in [6, 6.07) is 4.20. The van der Waals surface area contributed by atoms with Crippen LogP contribution in [0.5, 0.6) is 5.75 Å². The number of hydrogen-bond donors (Lipinski definition) is 2. The first-order chi connectivity index (χ1) is 16.9. The molecule has 36 heavy (non-hydrogen) atoms. The van der Waals surface area contributed by atoms with Crippen molar-refractivity contribution in [2.24, 2.45) is 11.7 Å². The van der Waals surface area contributed by atoms with Crippen LogP contribution in [0.25, 0.3) is 22.4 Å². The molecule has 9 nitrogen and oxygen atoms in total. The van der Waals surface area contributed by atoms with Gasteiger partial charge in [-0.3, -0.25) is 9.59 Å². The maximum atomic E-state index is 13.2. The van der Waals surface area contributed by atoms with E-state index in [9.17, 15) is 22.8 Å². The largest absolute Gasteiger partial charge is 0.494 e. The van der Waals surface area contributed by atoms with Crippen molar-refractivity contribution in [3.63, 3.8) is 0 Å². The van der Waals surface area contributed by atoms with Crippen molar-refractivity contribution in [2.45, 2.75) is 39.0 Å². The number of nitrogens with one attached hydrogen (secondary N) is 1. The molecule has 1 atom stereocenters. The average Bonchev–Trinajstić information content (AvgIpc) is 3.24. The number of ether oxygens (including phenoxy) is 1. The summed E-state index contributed by atoms with van der Waals surface area (Å²) in [5.74, 6) is -0.371. The topological polar surface area (TPSA) is 124 Å². The number of likely N-dealkylation sites (tertiary alicyclic amines) is 1. The van der Waals surface area contributed by atoms with Gasteiger partial charge in [-0.15, -0.1) is 0 Å². The van der Waals surface area contributed by atoms with E-state index in [1.165, 1.54) is 19.2 Å². The number of amides is 2.